The molecule has 7 nitrogen and oxygen atoms in total. The summed E-state index contributed by atoms with van der Waals surface area (Å²) in [5, 5.41) is 14.1. The van der Waals surface area contributed by atoms with E-state index in [-0.39, 0.29) is 6.04 Å². The van der Waals surface area contributed by atoms with Crippen LogP contribution in [-0.4, -0.2) is 58.2 Å². The molecule has 38 heavy (non-hydrogen) atoms. The summed E-state index contributed by atoms with van der Waals surface area (Å²) >= 11 is 13.0. The Kier molecular flexibility index (Phi) is 8.09. The molecule has 0 radical (unpaired) electrons. The molecule has 1 aliphatic carbocycles. The number of hydrogen-bond acceptors (Lipinski definition) is 6. The van der Waals surface area contributed by atoms with Crippen LogP contribution in [0.2, 0.25) is 10.0 Å². The van der Waals surface area contributed by atoms with Gasteiger partial charge in [-0.25, -0.2) is 4.98 Å². The Morgan fingerprint density at radius 1 is 1.13 bits per heavy atom. The zero-order valence-electron chi connectivity index (χ0n) is 22.6. The summed E-state index contributed by atoms with van der Waals surface area (Å²) in [7, 11) is 0. The van der Waals surface area contributed by atoms with Gasteiger partial charge in [-0.3, -0.25) is 4.79 Å². The topological polar surface area (TPSA) is 81.6 Å². The summed E-state index contributed by atoms with van der Waals surface area (Å²) in [5.41, 5.74) is 1.60. The van der Waals surface area contributed by atoms with Crippen LogP contribution in [-0.2, 0) is 4.79 Å². The molecule has 9 heteroatoms. The first kappa shape index (κ1) is 27.5. The zero-order chi connectivity index (χ0) is 27.0. The fourth-order valence-electron chi connectivity index (χ4n) is 6.62. The lowest BCUT2D eigenvalue weighted by Crippen LogP contribution is -2.56. The maximum Gasteiger partial charge on any atom is 0.309 e. The Morgan fingerprint density at radius 2 is 1.87 bits per heavy atom. The Hall–Kier alpha value is -2.09. The van der Waals surface area contributed by atoms with Crippen molar-refractivity contribution in [2.24, 2.45) is 17.3 Å². The Bertz CT molecular complexity index is 1160. The minimum Gasteiger partial charge on any atom is -0.481 e. The van der Waals surface area contributed by atoms with Crippen LogP contribution in [0.25, 0.3) is 0 Å². The van der Waals surface area contributed by atoms with Gasteiger partial charge in [0.1, 0.15) is 5.02 Å². The third-order valence-electron chi connectivity index (χ3n) is 9.09. The molecule has 1 aromatic carbocycles. The normalized spacial score (nSPS) is 27.6. The molecule has 2 aromatic rings. The highest BCUT2D eigenvalue weighted by atomic mass is 35.5. The second kappa shape index (κ2) is 11.2. The molecule has 3 heterocycles. The number of aliphatic carboxylic acids is 1. The van der Waals surface area contributed by atoms with E-state index in [1.807, 2.05) is 26.0 Å². The van der Waals surface area contributed by atoms with Gasteiger partial charge in [0.15, 0.2) is 5.82 Å². The van der Waals surface area contributed by atoms with Crippen molar-refractivity contribution >= 4 is 40.9 Å². The maximum atomic E-state index is 11.5. The molecule has 2 N–H and O–H groups in total. The summed E-state index contributed by atoms with van der Waals surface area (Å²) in [5.74, 6) is 2.07. The van der Waals surface area contributed by atoms with Crippen molar-refractivity contribution < 1.29 is 9.90 Å². The van der Waals surface area contributed by atoms with Crippen molar-refractivity contribution in [1.29, 1.82) is 0 Å². The van der Waals surface area contributed by atoms with Crippen molar-refractivity contribution in [3.63, 3.8) is 0 Å². The molecule has 1 unspecified atom stereocenters. The molecule has 206 valence electrons. The number of halogens is 2. The molecule has 2 atom stereocenters. The summed E-state index contributed by atoms with van der Waals surface area (Å²) in [6.07, 6.45) is 7.99. The van der Waals surface area contributed by atoms with Crippen molar-refractivity contribution in [1.82, 2.24) is 14.9 Å². The largest absolute Gasteiger partial charge is 0.481 e. The molecular formula is C29H39Cl2N5O2. The summed E-state index contributed by atoms with van der Waals surface area (Å²) in [6.45, 7) is 10.1. The molecule has 3 aliphatic rings. The Balaban J connectivity index is 1.17. The van der Waals surface area contributed by atoms with Crippen molar-refractivity contribution in [2.45, 2.75) is 71.4 Å². The average molecular weight is 561 g/mol. The van der Waals surface area contributed by atoms with Gasteiger partial charge in [0.25, 0.3) is 0 Å². The quantitative estimate of drug-likeness (QED) is 0.403. The third-order valence-corrected chi connectivity index (χ3v) is 9.69. The van der Waals surface area contributed by atoms with Crippen molar-refractivity contribution in [2.75, 3.05) is 36.4 Å². The number of nitrogens with zero attached hydrogens (tertiary/aromatic N) is 4. The van der Waals surface area contributed by atoms with E-state index in [1.165, 1.54) is 12.8 Å². The van der Waals surface area contributed by atoms with Gasteiger partial charge >= 0.3 is 5.97 Å². The van der Waals surface area contributed by atoms with Gasteiger partial charge < -0.3 is 20.2 Å². The third kappa shape index (κ3) is 5.75. The summed E-state index contributed by atoms with van der Waals surface area (Å²) in [4.78, 5) is 25.7. The number of aromatic nitrogens is 2. The average Bonchev–Trinajstić information content (AvgIpc) is 2.88. The summed E-state index contributed by atoms with van der Waals surface area (Å²) in [6, 6.07) is 6.45. The number of anilines is 2. The van der Waals surface area contributed by atoms with Crippen LogP contribution in [0.3, 0.4) is 0 Å². The summed E-state index contributed by atoms with van der Waals surface area (Å²) < 4.78 is 0. The van der Waals surface area contributed by atoms with Crippen LogP contribution in [0.1, 0.15) is 69.5 Å². The highest BCUT2D eigenvalue weighted by molar-refractivity contribution is 6.33. The predicted octanol–water partition coefficient (Wildman–Crippen LogP) is 6.45. The second-order valence-electron chi connectivity index (χ2n) is 11.9. The number of carboxylic acids is 1. The predicted molar refractivity (Wildman–Crippen MR) is 153 cm³/mol. The number of benzene rings is 1. The number of rotatable bonds is 7. The monoisotopic (exact) mass is 559 g/mol. The van der Waals surface area contributed by atoms with Gasteiger partial charge in [0.2, 0.25) is 5.95 Å². The van der Waals surface area contributed by atoms with E-state index in [0.717, 1.165) is 68.0 Å². The molecule has 0 spiro atoms. The SMILES string of the molecule is Cc1ccc([C@@H](C)Nc2nc(N3CCC(C4CCCN(C5CC(C)(C(=O)O)C5)C4)CC3)ncc2Cl)c(Cl)c1. The van der Waals surface area contributed by atoms with Crippen LogP contribution < -0.4 is 10.2 Å². The van der Waals surface area contributed by atoms with E-state index < -0.39 is 11.4 Å². The van der Waals surface area contributed by atoms with Gasteiger partial charge in [0.05, 0.1) is 17.7 Å². The zero-order valence-corrected chi connectivity index (χ0v) is 24.1. The van der Waals surface area contributed by atoms with E-state index in [4.69, 9.17) is 28.2 Å². The molecule has 5 rings (SSSR count). The first-order valence-corrected chi connectivity index (χ1v) is 14.7. The highest BCUT2D eigenvalue weighted by Gasteiger charge is 2.49. The number of likely N-dealkylation sites (tertiary alicyclic amines) is 1. The first-order valence-electron chi connectivity index (χ1n) is 13.9. The van der Waals surface area contributed by atoms with Crippen LogP contribution in [0, 0.1) is 24.2 Å². The van der Waals surface area contributed by atoms with Crippen LogP contribution in [0.4, 0.5) is 11.8 Å². The van der Waals surface area contributed by atoms with Crippen LogP contribution in [0.15, 0.2) is 24.4 Å². The fourth-order valence-corrected chi connectivity index (χ4v) is 7.16. The molecule has 3 fully saturated rings. The lowest BCUT2D eigenvalue weighted by atomic mass is 9.65. The van der Waals surface area contributed by atoms with Gasteiger partial charge in [0, 0.05) is 30.7 Å². The van der Waals surface area contributed by atoms with E-state index in [0.29, 0.717) is 34.7 Å². The smallest absolute Gasteiger partial charge is 0.309 e. The molecule has 1 saturated carbocycles. The minimum atomic E-state index is -0.647. The lowest BCUT2D eigenvalue weighted by Gasteiger charge is -2.51. The maximum absolute atomic E-state index is 11.5. The van der Waals surface area contributed by atoms with Gasteiger partial charge in [-0.15, -0.1) is 0 Å². The molecule has 2 aliphatic heterocycles. The van der Waals surface area contributed by atoms with Crippen LogP contribution in [0.5, 0.6) is 0 Å². The number of carboxylic acid groups (broad SMARTS) is 1. The Labute approximate surface area is 235 Å². The van der Waals surface area contributed by atoms with Gasteiger partial charge in [-0.05, 0) is 94.9 Å². The minimum absolute atomic E-state index is 0.0487. The number of hydrogen-bond donors (Lipinski definition) is 2. The van der Waals surface area contributed by atoms with E-state index in [1.54, 1.807) is 6.20 Å². The highest BCUT2D eigenvalue weighted by Crippen LogP contribution is 2.45. The molecule has 1 aromatic heterocycles. The molecule has 2 saturated heterocycles. The Morgan fingerprint density at radius 3 is 2.55 bits per heavy atom. The fraction of sp³-hybridized carbons (Fsp3) is 0.621. The number of nitrogens with one attached hydrogen (secondary N) is 1. The van der Waals surface area contributed by atoms with Crippen molar-refractivity contribution in [3.8, 4) is 0 Å². The first-order chi connectivity index (χ1) is 18.1. The lowest BCUT2D eigenvalue weighted by molar-refractivity contribution is -0.158. The van der Waals surface area contributed by atoms with E-state index >= 15 is 0 Å². The van der Waals surface area contributed by atoms with E-state index in [9.17, 15) is 9.90 Å². The number of aryl methyl sites for hydroxylation is 1. The van der Waals surface area contributed by atoms with Gasteiger partial charge in [-0.1, -0.05) is 35.3 Å². The molecular weight excluding hydrogens is 521 g/mol. The number of carbonyl (C=O) groups is 1. The second-order valence-corrected chi connectivity index (χ2v) is 12.7. The molecule has 0 bridgehead atoms. The molecule has 0 amide bonds. The number of piperidine rings is 2. The van der Waals surface area contributed by atoms with Gasteiger partial charge in [-0.2, -0.15) is 4.98 Å². The van der Waals surface area contributed by atoms with Crippen LogP contribution >= 0.6 is 23.2 Å². The standard InChI is InChI=1S/C29H39Cl2N5O2/c1-18-6-7-23(24(30)13-18)19(2)33-26-25(31)16-32-28(34-26)35-11-8-20(9-12-35)21-5-4-10-36(17-21)22-14-29(3,15-22)27(37)38/h6-7,13,16,19-22H,4-5,8-12,14-15,17H2,1-3H3,(H,37,38)(H,32,33,34)/t19-,21?,22?,29?/m1/s1. The van der Waals surface area contributed by atoms with E-state index in [2.05, 4.69) is 33.1 Å². The van der Waals surface area contributed by atoms with Crippen molar-refractivity contribution in [3.05, 3.63) is 45.6 Å².